The largest absolute Gasteiger partial charge is 0.417 e. The molecule has 1 amide bonds. The van der Waals surface area contributed by atoms with Gasteiger partial charge in [0.2, 0.25) is 5.91 Å². The lowest BCUT2D eigenvalue weighted by atomic mass is 10.0. The second-order valence-electron chi connectivity index (χ2n) is 3.73. The lowest BCUT2D eigenvalue weighted by Crippen LogP contribution is -2.37. The van der Waals surface area contributed by atoms with Gasteiger partial charge >= 0.3 is 5.76 Å². The minimum atomic E-state index is -0.496. The van der Waals surface area contributed by atoms with Crippen LogP contribution >= 0.6 is 0 Å². The van der Waals surface area contributed by atoms with Gasteiger partial charge < -0.3 is 4.42 Å². The second-order valence-corrected chi connectivity index (χ2v) is 3.73. The summed E-state index contributed by atoms with van der Waals surface area (Å²) in [7, 11) is 1.62. The number of hydrogen-bond donors (Lipinski definition) is 3. The van der Waals surface area contributed by atoms with E-state index >= 15 is 0 Å². The third-order valence-electron chi connectivity index (χ3n) is 2.59. The van der Waals surface area contributed by atoms with E-state index in [1.165, 1.54) is 0 Å². The molecule has 1 unspecified atom stereocenters. The molecule has 0 saturated heterocycles. The molecule has 2 aromatic rings. The molecule has 1 atom stereocenters. The normalized spacial score (nSPS) is 12.6. The summed E-state index contributed by atoms with van der Waals surface area (Å²) in [6, 6.07) is 5.19. The smallest absolute Gasteiger partial charge is 0.408 e. The molecule has 6 nitrogen and oxygen atoms in total. The van der Waals surface area contributed by atoms with Gasteiger partial charge in [-0.05, 0) is 24.6 Å². The highest BCUT2D eigenvalue weighted by Crippen LogP contribution is 2.19. The SMILES string of the molecule is CNNC(=O)C(C)c1ccc2[nH]c(=O)oc2c1. The maximum atomic E-state index is 11.6. The number of benzene rings is 1. The van der Waals surface area contributed by atoms with Gasteiger partial charge in [0.15, 0.2) is 5.58 Å². The average Bonchev–Trinajstić information content (AvgIpc) is 2.67. The standard InChI is InChI=1S/C11H13N3O3/c1-6(10(15)14-12-2)7-3-4-8-9(5-7)17-11(16)13-8/h3-6,12H,1-2H3,(H,13,16)(H,14,15). The summed E-state index contributed by atoms with van der Waals surface area (Å²) >= 11 is 0. The average molecular weight is 235 g/mol. The predicted octanol–water partition coefficient (Wildman–Crippen LogP) is 0.475. The van der Waals surface area contributed by atoms with E-state index in [1.807, 2.05) is 0 Å². The summed E-state index contributed by atoms with van der Waals surface area (Å²) in [5.74, 6) is -0.971. The minimum absolute atomic E-state index is 0.148. The van der Waals surface area contributed by atoms with Gasteiger partial charge in [-0.3, -0.25) is 15.2 Å². The van der Waals surface area contributed by atoms with E-state index < -0.39 is 5.76 Å². The zero-order valence-electron chi connectivity index (χ0n) is 9.53. The fourth-order valence-corrected chi connectivity index (χ4v) is 1.61. The van der Waals surface area contributed by atoms with Crippen molar-refractivity contribution < 1.29 is 9.21 Å². The topological polar surface area (TPSA) is 87.1 Å². The van der Waals surface area contributed by atoms with Crippen molar-refractivity contribution in [3.63, 3.8) is 0 Å². The fourth-order valence-electron chi connectivity index (χ4n) is 1.61. The molecule has 0 saturated carbocycles. The van der Waals surface area contributed by atoms with Gasteiger partial charge in [0.05, 0.1) is 11.4 Å². The Morgan fingerprint density at radius 1 is 1.47 bits per heavy atom. The third kappa shape index (κ3) is 2.21. The zero-order chi connectivity index (χ0) is 12.4. The quantitative estimate of drug-likeness (QED) is 0.675. The number of carbonyl (C=O) groups is 1. The highest BCUT2D eigenvalue weighted by Gasteiger charge is 2.15. The molecule has 1 heterocycles. The Hall–Kier alpha value is -2.08. The summed E-state index contributed by atoms with van der Waals surface area (Å²) in [5.41, 5.74) is 6.95. The summed E-state index contributed by atoms with van der Waals surface area (Å²) in [6.45, 7) is 1.78. The number of nitrogens with one attached hydrogen (secondary N) is 3. The van der Waals surface area contributed by atoms with Gasteiger partial charge in [0, 0.05) is 7.05 Å². The van der Waals surface area contributed by atoms with Crippen LogP contribution < -0.4 is 16.6 Å². The van der Waals surface area contributed by atoms with Crippen LogP contribution in [-0.4, -0.2) is 17.9 Å². The molecule has 2 rings (SSSR count). The Morgan fingerprint density at radius 2 is 2.24 bits per heavy atom. The second kappa shape index (κ2) is 4.42. The molecule has 0 aliphatic heterocycles. The van der Waals surface area contributed by atoms with E-state index in [0.29, 0.717) is 11.1 Å². The van der Waals surface area contributed by atoms with Gasteiger partial charge in [-0.25, -0.2) is 10.2 Å². The first-order chi connectivity index (χ1) is 8.11. The van der Waals surface area contributed by atoms with Crippen molar-refractivity contribution >= 4 is 17.0 Å². The number of aromatic nitrogens is 1. The van der Waals surface area contributed by atoms with Crippen molar-refractivity contribution in [3.8, 4) is 0 Å². The van der Waals surface area contributed by atoms with Crippen molar-refractivity contribution in [1.29, 1.82) is 0 Å². The zero-order valence-corrected chi connectivity index (χ0v) is 9.53. The molecule has 1 aromatic carbocycles. The Balaban J connectivity index is 2.35. The molecule has 90 valence electrons. The van der Waals surface area contributed by atoms with Crippen LogP contribution in [0.4, 0.5) is 0 Å². The number of fused-ring (bicyclic) bond motifs is 1. The third-order valence-corrected chi connectivity index (χ3v) is 2.59. The summed E-state index contributed by atoms with van der Waals surface area (Å²) in [4.78, 5) is 25.1. The first kappa shape index (κ1) is 11.4. The van der Waals surface area contributed by atoms with Crippen LogP contribution in [0.1, 0.15) is 18.4 Å². The molecule has 0 aliphatic carbocycles. The summed E-state index contributed by atoms with van der Waals surface area (Å²) in [5, 5.41) is 0. The number of hydrazine groups is 1. The number of oxazole rings is 1. The van der Waals surface area contributed by atoms with E-state index in [4.69, 9.17) is 4.42 Å². The van der Waals surface area contributed by atoms with E-state index in [9.17, 15) is 9.59 Å². The van der Waals surface area contributed by atoms with Crippen molar-refractivity contribution in [3.05, 3.63) is 34.3 Å². The summed E-state index contributed by atoms with van der Waals surface area (Å²) < 4.78 is 4.94. The Morgan fingerprint density at radius 3 is 2.94 bits per heavy atom. The number of hydrogen-bond acceptors (Lipinski definition) is 4. The predicted molar refractivity (Wildman–Crippen MR) is 62.5 cm³/mol. The van der Waals surface area contributed by atoms with Crippen LogP contribution in [0.3, 0.4) is 0 Å². The van der Waals surface area contributed by atoms with Crippen LogP contribution in [0.2, 0.25) is 0 Å². The van der Waals surface area contributed by atoms with E-state index in [0.717, 1.165) is 5.56 Å². The molecule has 0 spiro atoms. The fraction of sp³-hybridized carbons (Fsp3) is 0.273. The number of H-pyrrole nitrogens is 1. The van der Waals surface area contributed by atoms with Gasteiger partial charge in [0.1, 0.15) is 0 Å². The molecule has 1 aromatic heterocycles. The highest BCUT2D eigenvalue weighted by atomic mass is 16.4. The van der Waals surface area contributed by atoms with Crippen molar-refractivity contribution in [1.82, 2.24) is 15.8 Å². The molecule has 0 aliphatic rings. The molecule has 0 bridgehead atoms. The van der Waals surface area contributed by atoms with Crippen LogP contribution in [0.5, 0.6) is 0 Å². The Kier molecular flexibility index (Phi) is 2.97. The number of aromatic amines is 1. The van der Waals surface area contributed by atoms with Crippen LogP contribution in [0, 0.1) is 0 Å². The molecule has 17 heavy (non-hydrogen) atoms. The van der Waals surface area contributed by atoms with Gasteiger partial charge in [-0.2, -0.15) is 0 Å². The number of carbonyl (C=O) groups excluding carboxylic acids is 1. The Bertz CT molecular complexity index is 599. The number of amides is 1. The highest BCUT2D eigenvalue weighted by molar-refractivity contribution is 5.84. The Labute approximate surface area is 97.0 Å². The van der Waals surface area contributed by atoms with Gasteiger partial charge in [-0.1, -0.05) is 6.07 Å². The van der Waals surface area contributed by atoms with Crippen molar-refractivity contribution in [2.45, 2.75) is 12.8 Å². The molecule has 0 radical (unpaired) electrons. The first-order valence-corrected chi connectivity index (χ1v) is 5.21. The summed E-state index contributed by atoms with van der Waals surface area (Å²) in [6.07, 6.45) is 0. The van der Waals surface area contributed by atoms with Crippen molar-refractivity contribution in [2.75, 3.05) is 7.05 Å². The van der Waals surface area contributed by atoms with Crippen LogP contribution in [0.25, 0.3) is 11.1 Å². The molecule has 6 heteroatoms. The van der Waals surface area contributed by atoms with Gasteiger partial charge in [0.25, 0.3) is 0 Å². The van der Waals surface area contributed by atoms with Gasteiger partial charge in [-0.15, -0.1) is 0 Å². The molecule has 0 fully saturated rings. The molecular formula is C11H13N3O3. The van der Waals surface area contributed by atoms with Crippen LogP contribution in [0.15, 0.2) is 27.4 Å². The molecule has 3 N–H and O–H groups in total. The van der Waals surface area contributed by atoms with E-state index in [-0.39, 0.29) is 11.8 Å². The number of rotatable bonds is 3. The lowest BCUT2D eigenvalue weighted by molar-refractivity contribution is -0.123. The van der Waals surface area contributed by atoms with E-state index in [1.54, 1.807) is 32.2 Å². The van der Waals surface area contributed by atoms with Crippen molar-refractivity contribution in [2.24, 2.45) is 0 Å². The monoisotopic (exact) mass is 235 g/mol. The van der Waals surface area contributed by atoms with E-state index in [2.05, 4.69) is 15.8 Å². The minimum Gasteiger partial charge on any atom is -0.408 e. The maximum absolute atomic E-state index is 11.6. The molecular weight excluding hydrogens is 222 g/mol. The lowest BCUT2D eigenvalue weighted by Gasteiger charge is -2.11. The van der Waals surface area contributed by atoms with Crippen LogP contribution in [-0.2, 0) is 4.79 Å². The maximum Gasteiger partial charge on any atom is 0.417 e. The first-order valence-electron chi connectivity index (χ1n) is 5.21.